The molecule has 3 aromatic heterocycles. The summed E-state index contributed by atoms with van der Waals surface area (Å²) in [5.41, 5.74) is 1.77. The standard InChI is InChI=1S/C18H13N3O2S/c1-11-7-8-13-15(22)14(17-19-9-10-24-17)18(23)21(16(13)20-11)12-5-3-2-4-6-12/h2-10,22H,1H3. The highest BCUT2D eigenvalue weighted by Gasteiger charge is 2.21. The molecule has 4 rings (SSSR count). The van der Waals surface area contributed by atoms with Crippen LogP contribution in [0, 0.1) is 6.92 Å². The third kappa shape index (κ3) is 2.19. The van der Waals surface area contributed by atoms with E-state index in [1.165, 1.54) is 15.9 Å². The summed E-state index contributed by atoms with van der Waals surface area (Å²) in [7, 11) is 0. The zero-order chi connectivity index (χ0) is 16.7. The first-order chi connectivity index (χ1) is 11.7. The van der Waals surface area contributed by atoms with Crippen molar-refractivity contribution in [1.82, 2.24) is 14.5 Å². The lowest BCUT2D eigenvalue weighted by Crippen LogP contribution is -2.21. The first kappa shape index (κ1) is 14.6. The van der Waals surface area contributed by atoms with Gasteiger partial charge in [0, 0.05) is 17.3 Å². The fraction of sp³-hybridized carbons (Fsp3) is 0.0556. The van der Waals surface area contributed by atoms with Crippen LogP contribution in [0.2, 0.25) is 0 Å². The minimum absolute atomic E-state index is 0.0790. The maximum Gasteiger partial charge on any atom is 0.270 e. The monoisotopic (exact) mass is 335 g/mol. The van der Waals surface area contributed by atoms with Crippen molar-refractivity contribution < 1.29 is 5.11 Å². The first-order valence-corrected chi connectivity index (χ1v) is 8.25. The summed E-state index contributed by atoms with van der Waals surface area (Å²) in [6.07, 6.45) is 1.61. The molecule has 0 saturated heterocycles. The average Bonchev–Trinajstić information content (AvgIpc) is 3.10. The third-order valence-corrected chi connectivity index (χ3v) is 4.59. The van der Waals surface area contributed by atoms with E-state index in [1.807, 2.05) is 43.3 Å². The van der Waals surface area contributed by atoms with Crippen LogP contribution in [0.4, 0.5) is 0 Å². The van der Waals surface area contributed by atoms with Gasteiger partial charge in [0.2, 0.25) is 0 Å². The van der Waals surface area contributed by atoms with Crippen molar-refractivity contribution in [3.8, 4) is 22.0 Å². The summed E-state index contributed by atoms with van der Waals surface area (Å²) >= 11 is 1.32. The van der Waals surface area contributed by atoms with Crippen molar-refractivity contribution in [2.75, 3.05) is 0 Å². The Bertz CT molecular complexity index is 1090. The Morgan fingerprint density at radius 2 is 1.92 bits per heavy atom. The fourth-order valence-corrected chi connectivity index (χ4v) is 3.37. The van der Waals surface area contributed by atoms with Gasteiger partial charge in [-0.3, -0.25) is 9.36 Å². The Labute approximate surface area is 141 Å². The van der Waals surface area contributed by atoms with Crippen molar-refractivity contribution in [2.45, 2.75) is 6.92 Å². The van der Waals surface area contributed by atoms with Crippen LogP contribution in [-0.4, -0.2) is 19.6 Å². The van der Waals surface area contributed by atoms with Crippen molar-refractivity contribution in [3.05, 3.63) is 70.1 Å². The molecule has 4 aromatic rings. The molecule has 0 saturated carbocycles. The number of fused-ring (bicyclic) bond motifs is 1. The van der Waals surface area contributed by atoms with Gasteiger partial charge in [-0.15, -0.1) is 11.3 Å². The Kier molecular flexibility index (Phi) is 3.39. The van der Waals surface area contributed by atoms with Gasteiger partial charge in [-0.25, -0.2) is 9.97 Å². The second-order valence-electron chi connectivity index (χ2n) is 5.36. The number of benzene rings is 1. The minimum Gasteiger partial charge on any atom is -0.506 e. The van der Waals surface area contributed by atoms with Gasteiger partial charge in [0.25, 0.3) is 5.56 Å². The largest absolute Gasteiger partial charge is 0.506 e. The second kappa shape index (κ2) is 5.58. The Morgan fingerprint density at radius 3 is 2.62 bits per heavy atom. The molecule has 0 aliphatic heterocycles. The van der Waals surface area contributed by atoms with Crippen LogP contribution < -0.4 is 5.56 Å². The molecule has 6 heteroatoms. The van der Waals surface area contributed by atoms with E-state index >= 15 is 0 Å². The van der Waals surface area contributed by atoms with E-state index in [1.54, 1.807) is 17.6 Å². The summed E-state index contributed by atoms with van der Waals surface area (Å²) in [6, 6.07) is 12.9. The van der Waals surface area contributed by atoms with Gasteiger partial charge in [0.15, 0.2) is 5.65 Å². The average molecular weight is 335 g/mol. The fourth-order valence-electron chi connectivity index (χ4n) is 2.70. The van der Waals surface area contributed by atoms with E-state index in [-0.39, 0.29) is 16.9 Å². The highest BCUT2D eigenvalue weighted by Crippen LogP contribution is 2.34. The van der Waals surface area contributed by atoms with Gasteiger partial charge in [0.05, 0.1) is 11.1 Å². The maximum atomic E-state index is 13.1. The van der Waals surface area contributed by atoms with Crippen LogP contribution in [0.15, 0.2) is 58.8 Å². The smallest absolute Gasteiger partial charge is 0.270 e. The van der Waals surface area contributed by atoms with Gasteiger partial charge in [-0.2, -0.15) is 0 Å². The highest BCUT2D eigenvalue weighted by atomic mass is 32.1. The van der Waals surface area contributed by atoms with Crippen LogP contribution in [0.1, 0.15) is 5.69 Å². The lowest BCUT2D eigenvalue weighted by Gasteiger charge is -2.14. The number of hydrogen-bond acceptors (Lipinski definition) is 5. The SMILES string of the molecule is Cc1ccc2c(O)c(-c3nccs3)c(=O)n(-c3ccccc3)c2n1. The number of hydrogen-bond donors (Lipinski definition) is 1. The van der Waals surface area contributed by atoms with Crippen molar-refractivity contribution in [1.29, 1.82) is 0 Å². The zero-order valence-corrected chi connectivity index (χ0v) is 13.6. The normalized spacial score (nSPS) is 11.0. The molecule has 0 unspecified atom stereocenters. The number of rotatable bonds is 2. The molecule has 1 aromatic carbocycles. The predicted octanol–water partition coefficient (Wildman–Crippen LogP) is 3.52. The van der Waals surface area contributed by atoms with Gasteiger partial charge in [-0.1, -0.05) is 18.2 Å². The van der Waals surface area contributed by atoms with Crippen LogP contribution in [-0.2, 0) is 0 Å². The molecule has 5 nitrogen and oxygen atoms in total. The summed E-state index contributed by atoms with van der Waals surface area (Å²) in [5.74, 6) is -0.0790. The van der Waals surface area contributed by atoms with Gasteiger partial charge >= 0.3 is 0 Å². The first-order valence-electron chi connectivity index (χ1n) is 7.37. The summed E-state index contributed by atoms with van der Waals surface area (Å²) in [4.78, 5) is 21.8. The maximum absolute atomic E-state index is 13.1. The topological polar surface area (TPSA) is 68.0 Å². The molecule has 118 valence electrons. The molecule has 0 atom stereocenters. The summed E-state index contributed by atoms with van der Waals surface area (Å²) in [6.45, 7) is 1.85. The number of para-hydroxylation sites is 1. The Hall–Kier alpha value is -2.99. The van der Waals surface area contributed by atoms with Crippen molar-refractivity contribution >= 4 is 22.4 Å². The van der Waals surface area contributed by atoms with E-state index in [0.29, 0.717) is 21.7 Å². The summed E-state index contributed by atoms with van der Waals surface area (Å²) < 4.78 is 1.53. The second-order valence-corrected chi connectivity index (χ2v) is 6.26. The molecule has 0 aliphatic carbocycles. The van der Waals surface area contributed by atoms with Gasteiger partial charge in [0.1, 0.15) is 16.3 Å². The van der Waals surface area contributed by atoms with E-state index in [9.17, 15) is 9.90 Å². The van der Waals surface area contributed by atoms with Gasteiger partial charge < -0.3 is 5.11 Å². The van der Waals surface area contributed by atoms with E-state index in [4.69, 9.17) is 0 Å². The molecule has 0 aliphatic rings. The Balaban J connectivity index is 2.21. The number of aromatic nitrogens is 3. The van der Waals surface area contributed by atoms with E-state index in [0.717, 1.165) is 5.69 Å². The number of pyridine rings is 2. The lowest BCUT2D eigenvalue weighted by molar-refractivity contribution is 0.482. The molecular weight excluding hydrogens is 322 g/mol. The van der Waals surface area contributed by atoms with Crippen molar-refractivity contribution in [2.24, 2.45) is 0 Å². The number of thiazole rings is 1. The molecule has 24 heavy (non-hydrogen) atoms. The summed E-state index contributed by atoms with van der Waals surface area (Å²) in [5, 5.41) is 13.5. The highest BCUT2D eigenvalue weighted by molar-refractivity contribution is 7.13. The molecule has 0 fully saturated rings. The quantitative estimate of drug-likeness (QED) is 0.608. The zero-order valence-electron chi connectivity index (χ0n) is 12.8. The van der Waals surface area contributed by atoms with Crippen LogP contribution in [0.3, 0.4) is 0 Å². The molecular formula is C18H13N3O2S. The Morgan fingerprint density at radius 1 is 1.12 bits per heavy atom. The van der Waals surface area contributed by atoms with Gasteiger partial charge in [-0.05, 0) is 31.2 Å². The lowest BCUT2D eigenvalue weighted by atomic mass is 10.1. The van der Waals surface area contributed by atoms with Crippen LogP contribution in [0.5, 0.6) is 5.75 Å². The van der Waals surface area contributed by atoms with E-state index < -0.39 is 0 Å². The molecule has 0 amide bonds. The number of nitrogens with zero attached hydrogens (tertiary/aromatic N) is 3. The van der Waals surface area contributed by atoms with E-state index in [2.05, 4.69) is 9.97 Å². The van der Waals surface area contributed by atoms with Crippen LogP contribution in [0.25, 0.3) is 27.3 Å². The molecule has 0 radical (unpaired) electrons. The van der Waals surface area contributed by atoms with Crippen molar-refractivity contribution in [3.63, 3.8) is 0 Å². The van der Waals surface area contributed by atoms with Crippen LogP contribution >= 0.6 is 11.3 Å². The number of aryl methyl sites for hydroxylation is 1. The molecule has 0 spiro atoms. The minimum atomic E-state index is -0.334. The number of aromatic hydroxyl groups is 1. The third-order valence-electron chi connectivity index (χ3n) is 3.80. The predicted molar refractivity (Wildman–Crippen MR) is 94.8 cm³/mol. The molecule has 0 bridgehead atoms. The molecule has 1 N–H and O–H groups in total. The molecule has 3 heterocycles.